The Morgan fingerprint density at radius 3 is 2.53 bits per heavy atom. The molecule has 6 heteroatoms. The second-order valence-corrected chi connectivity index (χ2v) is 6.03. The van der Waals surface area contributed by atoms with Crippen molar-refractivity contribution in [2.24, 2.45) is 0 Å². The molecule has 0 fully saturated rings. The maximum atomic E-state index is 12.3. The van der Waals surface area contributed by atoms with Crippen LogP contribution in [0.2, 0.25) is 0 Å². The summed E-state index contributed by atoms with van der Waals surface area (Å²) in [5.74, 6) is 0. The molecule has 98 valence electrons. The van der Waals surface area contributed by atoms with E-state index in [9.17, 15) is 8.42 Å². The Bertz CT molecular complexity index is 709. The largest absolute Gasteiger partial charge is 0.271 e. The van der Waals surface area contributed by atoms with Gasteiger partial charge in [0.25, 0.3) is 0 Å². The minimum Gasteiger partial charge on any atom is -0.271 e. The molecule has 0 amide bonds. The molecule has 0 aliphatic rings. The summed E-state index contributed by atoms with van der Waals surface area (Å²) in [6.45, 7) is 2.68. The van der Waals surface area contributed by atoms with Gasteiger partial charge in [-0.3, -0.25) is 4.68 Å². The molecular weight excluding hydrogens is 262 g/mol. The van der Waals surface area contributed by atoms with Gasteiger partial charge in [0, 0.05) is 12.7 Å². The Kier molecular flexibility index (Phi) is 3.67. The van der Waals surface area contributed by atoms with Crippen molar-refractivity contribution in [2.75, 3.05) is 0 Å². The average molecular weight is 275 g/mol. The molecule has 0 bridgehead atoms. The zero-order chi connectivity index (χ0) is 13.9. The Morgan fingerprint density at radius 1 is 1.26 bits per heavy atom. The standard InChI is InChI=1S/C13H13N3O2S/c1-2-7-16-10-13(9-15-16)19(17,18)12-5-3-11(8-14)4-6-12/h3-6,9-10H,2,7H2,1H3. The maximum Gasteiger partial charge on any atom is 0.209 e. The molecule has 1 heterocycles. The SMILES string of the molecule is CCCn1cc(S(=O)(=O)c2ccc(C#N)cc2)cn1. The molecule has 0 aliphatic heterocycles. The normalized spacial score (nSPS) is 11.2. The number of hydrogen-bond donors (Lipinski definition) is 0. The fraction of sp³-hybridized carbons (Fsp3) is 0.231. The van der Waals surface area contributed by atoms with Gasteiger partial charge in [-0.05, 0) is 30.7 Å². The van der Waals surface area contributed by atoms with Gasteiger partial charge in [0.1, 0.15) is 4.90 Å². The minimum atomic E-state index is -3.55. The van der Waals surface area contributed by atoms with Gasteiger partial charge < -0.3 is 0 Å². The molecule has 0 atom stereocenters. The molecule has 0 saturated heterocycles. The van der Waals surface area contributed by atoms with Crippen LogP contribution in [0.4, 0.5) is 0 Å². The highest BCUT2D eigenvalue weighted by molar-refractivity contribution is 7.91. The average Bonchev–Trinajstić information content (AvgIpc) is 2.89. The molecule has 0 N–H and O–H groups in total. The molecule has 0 radical (unpaired) electrons. The lowest BCUT2D eigenvalue weighted by atomic mass is 10.2. The van der Waals surface area contributed by atoms with Gasteiger partial charge in [0.2, 0.25) is 9.84 Å². The van der Waals surface area contributed by atoms with Gasteiger partial charge in [-0.2, -0.15) is 10.4 Å². The van der Waals surface area contributed by atoms with E-state index in [2.05, 4.69) is 5.10 Å². The molecule has 1 aromatic carbocycles. The van der Waals surface area contributed by atoms with Crippen LogP contribution in [0.25, 0.3) is 0 Å². The number of nitriles is 1. The summed E-state index contributed by atoms with van der Waals surface area (Å²) in [4.78, 5) is 0.341. The van der Waals surface area contributed by atoms with Crippen LogP contribution in [0, 0.1) is 11.3 Å². The van der Waals surface area contributed by atoms with E-state index >= 15 is 0 Å². The number of aryl methyl sites for hydroxylation is 1. The van der Waals surface area contributed by atoms with E-state index in [1.807, 2.05) is 13.0 Å². The van der Waals surface area contributed by atoms with Gasteiger partial charge in [0.05, 0.1) is 22.7 Å². The Balaban J connectivity index is 2.37. The fourth-order valence-electron chi connectivity index (χ4n) is 1.68. The van der Waals surface area contributed by atoms with Crippen LogP contribution in [0.1, 0.15) is 18.9 Å². The number of hydrogen-bond acceptors (Lipinski definition) is 4. The third-order valence-electron chi connectivity index (χ3n) is 2.67. The van der Waals surface area contributed by atoms with Gasteiger partial charge in [0.15, 0.2) is 0 Å². The predicted octanol–water partition coefficient (Wildman–Crippen LogP) is 2.00. The number of rotatable bonds is 4. The highest BCUT2D eigenvalue weighted by Crippen LogP contribution is 2.20. The van der Waals surface area contributed by atoms with E-state index in [4.69, 9.17) is 5.26 Å². The second kappa shape index (κ2) is 5.24. The molecule has 0 spiro atoms. The molecule has 2 rings (SSSR count). The van der Waals surface area contributed by atoms with Crippen LogP contribution in [0.15, 0.2) is 46.5 Å². The molecular formula is C13H13N3O2S. The van der Waals surface area contributed by atoms with E-state index in [0.717, 1.165) is 6.42 Å². The van der Waals surface area contributed by atoms with Crippen molar-refractivity contribution in [1.29, 1.82) is 5.26 Å². The predicted molar refractivity (Wildman–Crippen MR) is 69.1 cm³/mol. The van der Waals surface area contributed by atoms with Crippen molar-refractivity contribution in [3.63, 3.8) is 0 Å². The summed E-state index contributed by atoms with van der Waals surface area (Å²) in [5.41, 5.74) is 0.431. The van der Waals surface area contributed by atoms with Crippen molar-refractivity contribution in [1.82, 2.24) is 9.78 Å². The van der Waals surface area contributed by atoms with Crippen LogP contribution < -0.4 is 0 Å². The summed E-state index contributed by atoms with van der Waals surface area (Å²) >= 11 is 0. The molecule has 0 aliphatic carbocycles. The lowest BCUT2D eigenvalue weighted by Crippen LogP contribution is -2.01. The fourth-order valence-corrected chi connectivity index (χ4v) is 2.89. The highest BCUT2D eigenvalue weighted by atomic mass is 32.2. The van der Waals surface area contributed by atoms with E-state index < -0.39 is 9.84 Å². The molecule has 2 aromatic rings. The topological polar surface area (TPSA) is 75.8 Å². The Hall–Kier alpha value is -2.13. The first-order valence-corrected chi connectivity index (χ1v) is 7.34. The van der Waals surface area contributed by atoms with E-state index in [0.29, 0.717) is 12.1 Å². The Morgan fingerprint density at radius 2 is 1.95 bits per heavy atom. The number of aromatic nitrogens is 2. The molecule has 5 nitrogen and oxygen atoms in total. The zero-order valence-electron chi connectivity index (χ0n) is 10.4. The van der Waals surface area contributed by atoms with Gasteiger partial charge >= 0.3 is 0 Å². The first-order valence-electron chi connectivity index (χ1n) is 5.85. The van der Waals surface area contributed by atoms with Gasteiger partial charge in [-0.1, -0.05) is 6.92 Å². The number of sulfone groups is 1. The smallest absolute Gasteiger partial charge is 0.209 e. The molecule has 1 aromatic heterocycles. The maximum absolute atomic E-state index is 12.3. The summed E-state index contributed by atoms with van der Waals surface area (Å²) in [6.07, 6.45) is 3.76. The molecule has 0 saturated carbocycles. The van der Waals surface area contributed by atoms with E-state index in [-0.39, 0.29) is 9.79 Å². The second-order valence-electron chi connectivity index (χ2n) is 4.08. The zero-order valence-corrected chi connectivity index (χ0v) is 11.3. The summed E-state index contributed by atoms with van der Waals surface area (Å²) in [7, 11) is -3.55. The van der Waals surface area contributed by atoms with Crippen LogP contribution >= 0.6 is 0 Å². The lowest BCUT2D eigenvalue weighted by molar-refractivity contribution is 0.591. The number of nitrogens with zero attached hydrogens (tertiary/aromatic N) is 3. The monoisotopic (exact) mass is 275 g/mol. The highest BCUT2D eigenvalue weighted by Gasteiger charge is 2.19. The summed E-state index contributed by atoms with van der Waals surface area (Å²) < 4.78 is 26.2. The van der Waals surface area contributed by atoms with E-state index in [1.165, 1.54) is 36.7 Å². The van der Waals surface area contributed by atoms with Crippen LogP contribution in [0.3, 0.4) is 0 Å². The first-order chi connectivity index (χ1) is 9.07. The van der Waals surface area contributed by atoms with Crippen molar-refractivity contribution in [3.05, 3.63) is 42.2 Å². The summed E-state index contributed by atoms with van der Waals surface area (Å²) in [5, 5.41) is 12.7. The first kappa shape index (κ1) is 13.3. The van der Waals surface area contributed by atoms with Crippen LogP contribution in [-0.2, 0) is 16.4 Å². The molecule has 19 heavy (non-hydrogen) atoms. The summed E-state index contributed by atoms with van der Waals surface area (Å²) in [6, 6.07) is 7.80. The van der Waals surface area contributed by atoms with Crippen LogP contribution in [-0.4, -0.2) is 18.2 Å². The van der Waals surface area contributed by atoms with E-state index in [1.54, 1.807) is 4.68 Å². The third-order valence-corrected chi connectivity index (χ3v) is 4.39. The lowest BCUT2D eigenvalue weighted by Gasteiger charge is -2.01. The Labute approximate surface area is 112 Å². The van der Waals surface area contributed by atoms with Crippen molar-refractivity contribution in [3.8, 4) is 6.07 Å². The van der Waals surface area contributed by atoms with Crippen molar-refractivity contribution in [2.45, 2.75) is 29.7 Å². The van der Waals surface area contributed by atoms with Gasteiger partial charge in [-0.25, -0.2) is 8.42 Å². The quantitative estimate of drug-likeness (QED) is 0.855. The third kappa shape index (κ3) is 2.66. The van der Waals surface area contributed by atoms with Crippen molar-refractivity contribution < 1.29 is 8.42 Å². The van der Waals surface area contributed by atoms with Crippen molar-refractivity contribution >= 4 is 9.84 Å². The van der Waals surface area contributed by atoms with Crippen LogP contribution in [0.5, 0.6) is 0 Å². The molecule has 0 unspecified atom stereocenters. The number of benzene rings is 1. The minimum absolute atomic E-state index is 0.169. The van der Waals surface area contributed by atoms with Gasteiger partial charge in [-0.15, -0.1) is 0 Å².